The number of rotatable bonds is 6. The average Bonchev–Trinajstić information content (AvgIpc) is 2.58. The molecule has 4 nitrogen and oxygen atoms in total. The molecule has 0 aromatic carbocycles. The summed E-state index contributed by atoms with van der Waals surface area (Å²) in [4.78, 5) is 30.5. The van der Waals surface area contributed by atoms with Gasteiger partial charge in [-0.25, -0.2) is 0 Å². The number of hydrogen-bond donors (Lipinski definition) is 1. The van der Waals surface area contributed by atoms with E-state index in [0.29, 0.717) is 25.0 Å². The number of hydrogen-bond acceptors (Lipinski definition) is 3. The second-order valence-electron chi connectivity index (χ2n) is 4.71. The summed E-state index contributed by atoms with van der Waals surface area (Å²) in [5.41, 5.74) is 0. The van der Waals surface area contributed by atoms with Crippen LogP contribution >= 0.6 is 0 Å². The van der Waals surface area contributed by atoms with E-state index in [1.165, 1.54) is 6.42 Å². The van der Waals surface area contributed by atoms with Crippen LogP contribution in [0.1, 0.15) is 108 Å². The number of Topliss-reactive ketones (excluding diaryl/α,β-unsaturated/α-hetero) is 2. The highest BCUT2D eigenvalue weighted by atomic mass is 16.1. The maximum absolute atomic E-state index is 10.4. The molecule has 1 amide bonds. The molecule has 0 unspecified atom stereocenters. The Morgan fingerprint density at radius 2 is 1.12 bits per heavy atom. The Labute approximate surface area is 152 Å². The molecule has 0 saturated heterocycles. The highest BCUT2D eigenvalue weighted by Gasteiger charge is 1.91. The van der Waals surface area contributed by atoms with Crippen molar-refractivity contribution in [3.8, 4) is 0 Å². The zero-order chi connectivity index (χ0) is 20.4. The highest BCUT2D eigenvalue weighted by Crippen LogP contribution is 1.90. The topological polar surface area (TPSA) is 63.2 Å². The van der Waals surface area contributed by atoms with E-state index in [1.54, 1.807) is 6.92 Å². The fourth-order valence-electron chi connectivity index (χ4n) is 0.778. The van der Waals surface area contributed by atoms with E-state index in [1.807, 2.05) is 48.5 Å². The smallest absolute Gasteiger partial charge is 0.219 e. The minimum atomic E-state index is 0.127. The first-order chi connectivity index (χ1) is 11.3. The van der Waals surface area contributed by atoms with Crippen molar-refractivity contribution in [2.24, 2.45) is 0 Å². The molecular formula is C20H45NO3. The molecule has 4 heteroatoms. The molecule has 148 valence electrons. The summed E-state index contributed by atoms with van der Waals surface area (Å²) in [5, 5.41) is 2.66. The van der Waals surface area contributed by atoms with Gasteiger partial charge in [-0.1, -0.05) is 61.8 Å². The molecule has 0 bridgehead atoms. The second-order valence-corrected chi connectivity index (χ2v) is 4.71. The highest BCUT2D eigenvalue weighted by molar-refractivity contribution is 5.77. The Morgan fingerprint density at radius 1 is 0.750 bits per heavy atom. The molecular weight excluding hydrogens is 302 g/mol. The van der Waals surface area contributed by atoms with Crippen LogP contribution in [0, 0.1) is 0 Å². The summed E-state index contributed by atoms with van der Waals surface area (Å²) < 4.78 is 0. The van der Waals surface area contributed by atoms with Crippen LogP contribution in [0.3, 0.4) is 0 Å². The lowest BCUT2D eigenvalue weighted by molar-refractivity contribution is -0.121. The molecule has 0 rings (SSSR count). The summed E-state index contributed by atoms with van der Waals surface area (Å²) in [6.07, 6.45) is 4.96. The molecule has 0 atom stereocenters. The van der Waals surface area contributed by atoms with E-state index in [9.17, 15) is 14.4 Å². The van der Waals surface area contributed by atoms with Crippen molar-refractivity contribution >= 4 is 17.5 Å². The summed E-state index contributed by atoms with van der Waals surface area (Å²) in [6, 6.07) is 0. The van der Waals surface area contributed by atoms with Crippen molar-refractivity contribution < 1.29 is 14.4 Å². The fraction of sp³-hybridized carbons (Fsp3) is 0.850. The van der Waals surface area contributed by atoms with Gasteiger partial charge in [0.2, 0.25) is 5.91 Å². The van der Waals surface area contributed by atoms with Crippen molar-refractivity contribution in [2.75, 3.05) is 6.54 Å². The van der Waals surface area contributed by atoms with E-state index < -0.39 is 0 Å². The Balaban J connectivity index is -0.0000000669. The predicted octanol–water partition coefficient (Wildman–Crippen LogP) is 5.73. The predicted molar refractivity (Wildman–Crippen MR) is 107 cm³/mol. The maximum Gasteiger partial charge on any atom is 0.219 e. The number of carbonyl (C=O) groups is 3. The summed E-state index contributed by atoms with van der Waals surface area (Å²) >= 11 is 0. The SMILES string of the molecule is CC.CCC.CCC(C)=O.CCCC(=O)CC.CCNC(=O)CC. The van der Waals surface area contributed by atoms with Gasteiger partial charge in [-0.2, -0.15) is 0 Å². The minimum absolute atomic E-state index is 0.127. The first-order valence-corrected chi connectivity index (χ1v) is 9.58. The number of nitrogens with one attached hydrogen (secondary N) is 1. The van der Waals surface area contributed by atoms with Crippen LogP contribution < -0.4 is 5.32 Å². The van der Waals surface area contributed by atoms with Crippen LogP contribution in [-0.2, 0) is 14.4 Å². The van der Waals surface area contributed by atoms with E-state index in [-0.39, 0.29) is 11.7 Å². The number of ketones is 2. The van der Waals surface area contributed by atoms with Crippen LogP contribution in [0.2, 0.25) is 0 Å². The van der Waals surface area contributed by atoms with Crippen LogP contribution in [0.4, 0.5) is 0 Å². The van der Waals surface area contributed by atoms with Crippen molar-refractivity contribution in [1.29, 1.82) is 0 Å². The standard InChI is InChI=1S/C6H12O.C5H11NO.C4H8O.C3H8.C2H6/c1-3-5-6(7)4-2;1-3-5(7)6-4-2;1-3-4(2)5;1-3-2;1-2/h3-5H2,1-2H3;3-4H2,1-2H3,(H,6,7);3H2,1-2H3;3H2,1-2H3;1-2H3. The maximum atomic E-state index is 10.4. The Kier molecular flexibility index (Phi) is 53.9. The molecule has 0 radical (unpaired) electrons. The van der Waals surface area contributed by atoms with Crippen LogP contribution in [-0.4, -0.2) is 24.0 Å². The normalized spacial score (nSPS) is 7.58. The molecule has 0 aliphatic heterocycles. The molecule has 0 aliphatic carbocycles. The first kappa shape index (κ1) is 34.2. The van der Waals surface area contributed by atoms with Gasteiger partial charge in [-0.05, 0) is 20.3 Å². The van der Waals surface area contributed by atoms with Crippen molar-refractivity contribution in [3.63, 3.8) is 0 Å². The summed E-state index contributed by atoms with van der Waals surface area (Å²) in [6.45, 7) is 20.1. The molecule has 0 aromatic heterocycles. The van der Waals surface area contributed by atoms with E-state index in [2.05, 4.69) is 19.2 Å². The van der Waals surface area contributed by atoms with E-state index >= 15 is 0 Å². The molecule has 0 saturated carbocycles. The van der Waals surface area contributed by atoms with Gasteiger partial charge in [0.1, 0.15) is 11.6 Å². The molecule has 0 spiro atoms. The van der Waals surface area contributed by atoms with Gasteiger partial charge in [0.05, 0.1) is 0 Å². The van der Waals surface area contributed by atoms with Gasteiger partial charge >= 0.3 is 0 Å². The van der Waals surface area contributed by atoms with Gasteiger partial charge in [-0.3, -0.25) is 9.59 Å². The van der Waals surface area contributed by atoms with Gasteiger partial charge in [0.15, 0.2) is 0 Å². The Morgan fingerprint density at radius 3 is 1.21 bits per heavy atom. The first-order valence-electron chi connectivity index (χ1n) is 9.58. The van der Waals surface area contributed by atoms with Crippen molar-refractivity contribution in [3.05, 3.63) is 0 Å². The number of carbonyl (C=O) groups excluding carboxylic acids is 3. The number of amides is 1. The average molecular weight is 348 g/mol. The zero-order valence-corrected chi connectivity index (χ0v) is 18.2. The third-order valence-electron chi connectivity index (χ3n) is 2.12. The molecule has 1 N–H and O–H groups in total. The van der Waals surface area contributed by atoms with Gasteiger partial charge < -0.3 is 10.1 Å². The Hall–Kier alpha value is -1.19. The van der Waals surface area contributed by atoms with Crippen LogP contribution in [0.5, 0.6) is 0 Å². The lowest BCUT2D eigenvalue weighted by Crippen LogP contribution is -2.20. The molecule has 24 heavy (non-hydrogen) atoms. The van der Waals surface area contributed by atoms with Crippen molar-refractivity contribution in [1.82, 2.24) is 5.32 Å². The molecule has 0 aromatic rings. The second kappa shape index (κ2) is 37.8. The fourth-order valence-corrected chi connectivity index (χ4v) is 0.778. The monoisotopic (exact) mass is 347 g/mol. The quantitative estimate of drug-likeness (QED) is 0.667. The lowest BCUT2D eigenvalue weighted by atomic mass is 10.2. The Bertz CT molecular complexity index is 233. The molecule has 0 heterocycles. The third-order valence-corrected chi connectivity index (χ3v) is 2.12. The zero-order valence-electron chi connectivity index (χ0n) is 18.2. The van der Waals surface area contributed by atoms with E-state index in [0.717, 1.165) is 19.4 Å². The van der Waals surface area contributed by atoms with Gasteiger partial charge in [-0.15, -0.1) is 0 Å². The lowest BCUT2D eigenvalue weighted by Gasteiger charge is -1.93. The van der Waals surface area contributed by atoms with Gasteiger partial charge in [0, 0.05) is 32.2 Å². The summed E-state index contributed by atoms with van der Waals surface area (Å²) in [5.74, 6) is 0.759. The van der Waals surface area contributed by atoms with E-state index in [4.69, 9.17) is 0 Å². The van der Waals surface area contributed by atoms with Crippen LogP contribution in [0.15, 0.2) is 0 Å². The third kappa shape index (κ3) is 69.9. The van der Waals surface area contributed by atoms with Crippen LogP contribution in [0.25, 0.3) is 0 Å². The molecule has 0 aliphatic rings. The minimum Gasteiger partial charge on any atom is -0.356 e. The largest absolute Gasteiger partial charge is 0.356 e. The summed E-state index contributed by atoms with van der Waals surface area (Å²) in [7, 11) is 0. The van der Waals surface area contributed by atoms with Gasteiger partial charge in [0.25, 0.3) is 0 Å². The molecule has 0 fully saturated rings. The van der Waals surface area contributed by atoms with Crippen molar-refractivity contribution in [2.45, 2.75) is 108 Å².